The summed E-state index contributed by atoms with van der Waals surface area (Å²) in [5, 5.41) is 0. The van der Waals surface area contributed by atoms with Gasteiger partial charge in [-0.05, 0) is 6.08 Å². The molecule has 0 N–H and O–H groups in total. The minimum Gasteiger partial charge on any atom is -0.439 e. The molecule has 0 unspecified atom stereocenters. The van der Waals surface area contributed by atoms with Crippen molar-refractivity contribution in [2.75, 3.05) is 26.9 Å². The molecule has 0 bridgehead atoms. The third-order valence-electron chi connectivity index (χ3n) is 2.20. The summed E-state index contributed by atoms with van der Waals surface area (Å²) in [4.78, 5) is 0. The summed E-state index contributed by atoms with van der Waals surface area (Å²) in [7, 11) is 1.67. The number of ether oxygens (including phenoxy) is 2. The van der Waals surface area contributed by atoms with E-state index < -0.39 is 0 Å². The molecule has 0 amide bonds. The van der Waals surface area contributed by atoms with Crippen molar-refractivity contribution in [3.05, 3.63) is 12.7 Å². The Balaban J connectivity index is 2.84. The van der Waals surface area contributed by atoms with Crippen molar-refractivity contribution in [2.45, 2.75) is 19.4 Å². The molecule has 0 atom stereocenters. The molecule has 0 fully saturated rings. The van der Waals surface area contributed by atoms with Gasteiger partial charge in [0.15, 0.2) is 25.3 Å². The second kappa shape index (κ2) is 3.92. The van der Waals surface area contributed by atoms with E-state index in [1.165, 1.54) is 0 Å². The van der Waals surface area contributed by atoms with Gasteiger partial charge in [-0.2, -0.15) is 4.58 Å². The van der Waals surface area contributed by atoms with Crippen molar-refractivity contribution in [1.29, 1.82) is 0 Å². The van der Waals surface area contributed by atoms with E-state index >= 15 is 0 Å². The van der Waals surface area contributed by atoms with Crippen LogP contribution in [0.15, 0.2) is 12.7 Å². The van der Waals surface area contributed by atoms with Gasteiger partial charge in [-0.15, -0.1) is 0 Å². The summed E-state index contributed by atoms with van der Waals surface area (Å²) < 4.78 is 12.8. The average Bonchev–Trinajstić information content (AvgIpc) is 2.33. The minimum absolute atomic E-state index is 0.0576. The first-order valence-electron chi connectivity index (χ1n) is 4.48. The zero-order valence-corrected chi connectivity index (χ0v) is 8.67. The van der Waals surface area contributed by atoms with Crippen LogP contribution in [0, 0.1) is 0 Å². The van der Waals surface area contributed by atoms with Gasteiger partial charge in [0.2, 0.25) is 0 Å². The lowest BCUT2D eigenvalue weighted by atomic mass is 10.1. The van der Waals surface area contributed by atoms with Crippen LogP contribution >= 0.6 is 0 Å². The second-order valence-electron chi connectivity index (χ2n) is 3.83. The van der Waals surface area contributed by atoms with Crippen molar-refractivity contribution in [3.63, 3.8) is 0 Å². The quantitative estimate of drug-likeness (QED) is 0.481. The fourth-order valence-electron chi connectivity index (χ4n) is 1.47. The molecule has 0 aromatic rings. The summed E-state index contributed by atoms with van der Waals surface area (Å²) in [6, 6.07) is 0. The number of methoxy groups -OCH3 is 1. The van der Waals surface area contributed by atoms with Gasteiger partial charge >= 0.3 is 5.90 Å². The lowest BCUT2D eigenvalue weighted by Gasteiger charge is -2.12. The Morgan fingerprint density at radius 3 is 2.92 bits per heavy atom. The molecule has 0 spiro atoms. The van der Waals surface area contributed by atoms with E-state index in [2.05, 4.69) is 25.0 Å². The molecule has 3 nitrogen and oxygen atoms in total. The van der Waals surface area contributed by atoms with Gasteiger partial charge in [0.05, 0.1) is 0 Å². The van der Waals surface area contributed by atoms with Gasteiger partial charge in [-0.3, -0.25) is 0 Å². The fourth-order valence-corrected chi connectivity index (χ4v) is 1.47. The molecule has 3 heteroatoms. The summed E-state index contributed by atoms with van der Waals surface area (Å²) >= 11 is 0. The van der Waals surface area contributed by atoms with Crippen molar-refractivity contribution in [2.24, 2.45) is 0 Å². The largest absolute Gasteiger partial charge is 0.439 e. The molecule has 0 aromatic carbocycles. The summed E-state index contributed by atoms with van der Waals surface area (Å²) in [5.74, 6) is 0.910. The van der Waals surface area contributed by atoms with E-state index in [-0.39, 0.29) is 5.54 Å². The second-order valence-corrected chi connectivity index (χ2v) is 3.83. The molecule has 0 aromatic heterocycles. The zero-order valence-electron chi connectivity index (χ0n) is 8.67. The first kappa shape index (κ1) is 10.3. The zero-order chi connectivity index (χ0) is 9.90. The normalized spacial score (nSPS) is 20.2. The molecule has 13 heavy (non-hydrogen) atoms. The Bertz CT molecular complexity index is 231. The van der Waals surface area contributed by atoms with E-state index in [4.69, 9.17) is 9.47 Å². The van der Waals surface area contributed by atoms with Crippen LogP contribution in [0.2, 0.25) is 0 Å². The maximum Gasteiger partial charge on any atom is 0.364 e. The first-order valence-corrected chi connectivity index (χ1v) is 4.48. The van der Waals surface area contributed by atoms with Crippen LogP contribution in [-0.4, -0.2) is 42.9 Å². The molecule has 0 saturated carbocycles. The standard InChI is InChI=1S/C10H18NO2/c1-5-6-11-9(7-12-4)13-8-10(11,2)3/h5H,1,6-8H2,2-4H3/q+1. The summed E-state index contributed by atoms with van der Waals surface area (Å²) in [6.07, 6.45) is 1.88. The Hall–Kier alpha value is -0.830. The number of nitrogens with zero attached hydrogens (tertiary/aromatic N) is 1. The van der Waals surface area contributed by atoms with E-state index in [0.29, 0.717) is 6.61 Å². The van der Waals surface area contributed by atoms with Crippen LogP contribution in [0.5, 0.6) is 0 Å². The van der Waals surface area contributed by atoms with Crippen LogP contribution < -0.4 is 0 Å². The fraction of sp³-hybridized carbons (Fsp3) is 0.700. The van der Waals surface area contributed by atoms with E-state index in [1.54, 1.807) is 7.11 Å². The maximum absolute atomic E-state index is 5.54. The smallest absolute Gasteiger partial charge is 0.364 e. The van der Waals surface area contributed by atoms with Crippen molar-refractivity contribution in [1.82, 2.24) is 0 Å². The van der Waals surface area contributed by atoms with Gasteiger partial charge in [0.1, 0.15) is 0 Å². The van der Waals surface area contributed by atoms with Crippen molar-refractivity contribution >= 4 is 5.90 Å². The van der Waals surface area contributed by atoms with Crippen LogP contribution in [0.4, 0.5) is 0 Å². The van der Waals surface area contributed by atoms with Crippen LogP contribution in [-0.2, 0) is 9.47 Å². The van der Waals surface area contributed by atoms with E-state index in [1.807, 2.05) is 6.08 Å². The van der Waals surface area contributed by atoms with Gasteiger partial charge < -0.3 is 9.47 Å². The number of rotatable bonds is 4. The van der Waals surface area contributed by atoms with E-state index in [0.717, 1.165) is 19.0 Å². The lowest BCUT2D eigenvalue weighted by Crippen LogP contribution is -2.37. The maximum atomic E-state index is 5.54. The van der Waals surface area contributed by atoms with Gasteiger partial charge in [0.25, 0.3) is 0 Å². The highest BCUT2D eigenvalue weighted by molar-refractivity contribution is 5.73. The molecule has 1 aliphatic heterocycles. The van der Waals surface area contributed by atoms with E-state index in [9.17, 15) is 0 Å². The first-order chi connectivity index (χ1) is 6.11. The molecule has 74 valence electrons. The Kier molecular flexibility index (Phi) is 3.09. The molecule has 1 rings (SSSR count). The topological polar surface area (TPSA) is 21.5 Å². The lowest BCUT2D eigenvalue weighted by molar-refractivity contribution is -0.582. The van der Waals surface area contributed by atoms with Crippen LogP contribution in [0.3, 0.4) is 0 Å². The Morgan fingerprint density at radius 1 is 1.69 bits per heavy atom. The Morgan fingerprint density at radius 2 is 2.38 bits per heavy atom. The van der Waals surface area contributed by atoms with Gasteiger partial charge in [-0.25, -0.2) is 0 Å². The third-order valence-corrected chi connectivity index (χ3v) is 2.20. The number of hydrogen-bond acceptors (Lipinski definition) is 2. The average molecular weight is 184 g/mol. The Labute approximate surface area is 79.7 Å². The van der Waals surface area contributed by atoms with Crippen molar-refractivity contribution in [3.8, 4) is 0 Å². The van der Waals surface area contributed by atoms with Gasteiger partial charge in [-0.1, -0.05) is 6.58 Å². The predicted octanol–water partition coefficient (Wildman–Crippen LogP) is 1.04. The minimum atomic E-state index is 0.0576. The highest BCUT2D eigenvalue weighted by Crippen LogP contribution is 2.17. The highest BCUT2D eigenvalue weighted by atomic mass is 16.5. The monoisotopic (exact) mass is 184 g/mol. The molecule has 1 heterocycles. The molecule has 1 aliphatic rings. The van der Waals surface area contributed by atoms with Crippen LogP contribution in [0.25, 0.3) is 0 Å². The highest BCUT2D eigenvalue weighted by Gasteiger charge is 2.41. The molecule has 0 aliphatic carbocycles. The molecule has 0 saturated heterocycles. The summed E-state index contributed by atoms with van der Waals surface area (Å²) in [5.41, 5.74) is 0.0576. The van der Waals surface area contributed by atoms with Gasteiger partial charge in [0, 0.05) is 21.0 Å². The molecule has 0 radical (unpaired) electrons. The predicted molar refractivity (Wildman–Crippen MR) is 52.2 cm³/mol. The molecular weight excluding hydrogens is 166 g/mol. The van der Waals surface area contributed by atoms with Crippen LogP contribution in [0.1, 0.15) is 13.8 Å². The summed E-state index contributed by atoms with van der Waals surface area (Å²) in [6.45, 7) is 10.1. The molecular formula is C10H18NO2+. The third kappa shape index (κ3) is 2.10. The SMILES string of the molecule is C=CC[N+]1=C(COC)OCC1(C)C. The van der Waals surface area contributed by atoms with Crippen molar-refractivity contribution < 1.29 is 14.0 Å². The number of hydrogen-bond donors (Lipinski definition) is 0.